The van der Waals surface area contributed by atoms with Crippen molar-refractivity contribution < 1.29 is 55.4 Å². The summed E-state index contributed by atoms with van der Waals surface area (Å²) in [6.45, 7) is 0. The van der Waals surface area contributed by atoms with Gasteiger partial charge in [0.1, 0.15) is 10.1 Å². The summed E-state index contributed by atoms with van der Waals surface area (Å²) >= 11 is 10.4. The molecule has 13 heavy (non-hydrogen) atoms. The Morgan fingerprint density at radius 3 is 1.31 bits per heavy atom. The van der Waals surface area contributed by atoms with E-state index in [0.29, 0.717) is 0 Å². The number of rotatable bonds is 0. The van der Waals surface area contributed by atoms with Gasteiger partial charge in [0.25, 0.3) is 0 Å². The van der Waals surface area contributed by atoms with Gasteiger partial charge in [-0.2, -0.15) is 0 Å². The summed E-state index contributed by atoms with van der Waals surface area (Å²) in [5.74, 6) is -3.99. The average molecular weight is 348 g/mol. The van der Waals surface area contributed by atoms with Gasteiger partial charge in [-0.15, -0.1) is 0 Å². The van der Waals surface area contributed by atoms with Crippen LogP contribution in [0.15, 0.2) is 21.6 Å². The molecule has 0 aromatic heterocycles. The van der Waals surface area contributed by atoms with Crippen LogP contribution < -0.4 is 0 Å². The number of carbonyl (C=O) groups excluding carboxylic acids is 2. The van der Waals surface area contributed by atoms with Crippen LogP contribution in [0.1, 0.15) is 0 Å². The average Bonchev–Trinajstić information content (AvgIpc) is 2.08. The molecule has 0 saturated heterocycles. The summed E-state index contributed by atoms with van der Waals surface area (Å²) in [5.41, 5.74) is 0. The number of ketones is 2. The van der Waals surface area contributed by atoms with Crippen molar-refractivity contribution in [2.75, 3.05) is 0 Å². The predicted octanol–water partition coefficient (Wildman–Crippen LogP) is 1.16. The zero-order valence-electron chi connectivity index (χ0n) is 6.04. The Hall–Kier alpha value is 0.195. The Kier molecular flexibility index (Phi) is 4.69. The van der Waals surface area contributed by atoms with Gasteiger partial charge in [0.2, 0.25) is 11.6 Å². The van der Waals surface area contributed by atoms with Gasteiger partial charge in [-0.3, -0.25) is 9.59 Å². The minimum Gasteiger partial charge on any atom is -0.503 e. The third-order valence-corrected chi connectivity index (χ3v) is 1.95. The van der Waals surface area contributed by atoms with E-state index in [2.05, 4.69) is 0 Å². The van der Waals surface area contributed by atoms with Gasteiger partial charge in [-0.05, 0) is 0 Å². The van der Waals surface area contributed by atoms with Gasteiger partial charge < -0.3 is 10.2 Å². The van der Waals surface area contributed by atoms with Gasteiger partial charge >= 0.3 is 35.6 Å². The molecule has 7 heteroatoms. The van der Waals surface area contributed by atoms with Crippen molar-refractivity contribution >= 4 is 34.8 Å². The Labute approximate surface area is 111 Å². The Balaban J connectivity index is 0.00000144. The third-order valence-electron chi connectivity index (χ3n) is 1.24. The molecule has 0 atom stereocenters. The molecule has 0 radical (unpaired) electrons. The number of Topliss-reactive ketones (excluding diaryl/α,β-unsaturated/α-hetero) is 2. The van der Waals surface area contributed by atoms with Crippen LogP contribution in [0.25, 0.3) is 0 Å². The molecule has 0 unspecified atom stereocenters. The normalized spacial score (nSPS) is 17.7. The number of carbonyl (C=O) groups is 2. The van der Waals surface area contributed by atoms with Crippen molar-refractivity contribution in [3.8, 4) is 0 Å². The van der Waals surface area contributed by atoms with E-state index in [4.69, 9.17) is 33.4 Å². The molecule has 0 aromatic rings. The second-order valence-electron chi connectivity index (χ2n) is 1.98. The predicted molar refractivity (Wildman–Crippen MR) is 41.0 cm³/mol. The second-order valence-corrected chi connectivity index (χ2v) is 2.74. The molecule has 1 rings (SSSR count). The Morgan fingerprint density at radius 1 is 0.846 bits per heavy atom. The summed E-state index contributed by atoms with van der Waals surface area (Å²) in [4.78, 5) is 21.6. The maximum Gasteiger partial charge on any atom is 3.00 e. The molecule has 64 valence electrons. The van der Waals surface area contributed by atoms with Crippen LogP contribution in [0.5, 0.6) is 0 Å². The Bertz CT molecular complexity index is 283. The zero-order chi connectivity index (χ0) is 9.46. The molecule has 0 aliphatic heterocycles. The van der Waals surface area contributed by atoms with Gasteiger partial charge in [-0.1, -0.05) is 23.2 Å². The van der Waals surface area contributed by atoms with Crippen LogP contribution in [0, 0.1) is 35.6 Å². The van der Waals surface area contributed by atoms with E-state index < -0.39 is 33.1 Å². The molecular weight excluding hydrogens is 346 g/mol. The number of halogens is 2. The first kappa shape index (κ1) is 13.2. The Morgan fingerprint density at radius 2 is 1.08 bits per heavy atom. The number of aliphatic hydroxyl groups is 2. The largest absolute Gasteiger partial charge is 3.00 e. The summed E-state index contributed by atoms with van der Waals surface area (Å²) in [6, 6.07) is 0. The van der Waals surface area contributed by atoms with Gasteiger partial charge in [-0.25, -0.2) is 0 Å². The van der Waals surface area contributed by atoms with E-state index >= 15 is 0 Å². The van der Waals surface area contributed by atoms with Crippen molar-refractivity contribution in [3.05, 3.63) is 21.6 Å². The molecule has 0 aromatic carbocycles. The number of hydrogen-bond donors (Lipinski definition) is 2. The van der Waals surface area contributed by atoms with Gasteiger partial charge in [0.05, 0.1) is 0 Å². The summed E-state index contributed by atoms with van der Waals surface area (Å²) in [6.07, 6.45) is 0. The number of hydrogen-bond acceptors (Lipinski definition) is 4. The van der Waals surface area contributed by atoms with Crippen LogP contribution in [0.3, 0.4) is 0 Å². The first-order valence-electron chi connectivity index (χ1n) is 2.73. The minimum absolute atomic E-state index is 0. The van der Waals surface area contributed by atoms with Crippen molar-refractivity contribution in [2.45, 2.75) is 0 Å². The molecule has 0 fully saturated rings. The van der Waals surface area contributed by atoms with E-state index in [9.17, 15) is 9.59 Å². The third kappa shape index (κ3) is 2.17. The van der Waals surface area contributed by atoms with Crippen LogP contribution in [0.2, 0.25) is 0 Å². The molecule has 0 bridgehead atoms. The summed E-state index contributed by atoms with van der Waals surface area (Å²) < 4.78 is 0. The first-order valence-corrected chi connectivity index (χ1v) is 3.49. The number of aliphatic hydroxyl groups excluding tert-OH is 2. The molecule has 0 amide bonds. The SMILES string of the molecule is O=C1C(O)=C(Cl)C(=O)C(O)=C1Cl.[La+3]. The summed E-state index contributed by atoms with van der Waals surface area (Å²) in [7, 11) is 0. The molecule has 0 spiro atoms. The van der Waals surface area contributed by atoms with E-state index in [0.717, 1.165) is 0 Å². The molecule has 0 heterocycles. The topological polar surface area (TPSA) is 74.6 Å². The van der Waals surface area contributed by atoms with Crippen molar-refractivity contribution in [1.82, 2.24) is 0 Å². The van der Waals surface area contributed by atoms with Crippen LogP contribution >= 0.6 is 23.2 Å². The van der Waals surface area contributed by atoms with Crippen LogP contribution in [0.4, 0.5) is 0 Å². The minimum atomic E-state index is -1.06. The molecular formula is C6H2Cl2LaO4+3. The van der Waals surface area contributed by atoms with Gasteiger partial charge in [0, 0.05) is 0 Å². The molecule has 2 N–H and O–H groups in total. The van der Waals surface area contributed by atoms with Crippen molar-refractivity contribution in [1.29, 1.82) is 0 Å². The van der Waals surface area contributed by atoms with E-state index in [1.807, 2.05) is 0 Å². The standard InChI is InChI=1S/C6H2Cl2O4.La/c7-1-3(9)5(11)2(8)6(12)4(1)10;/h9,12H;/q;+3. The quantitative estimate of drug-likeness (QED) is 0.645. The fourth-order valence-corrected chi connectivity index (χ4v) is 0.973. The summed E-state index contributed by atoms with van der Waals surface area (Å²) in [5, 5.41) is 16.3. The number of allylic oxidation sites excluding steroid dienone is 2. The van der Waals surface area contributed by atoms with E-state index in [-0.39, 0.29) is 35.6 Å². The molecule has 0 saturated carbocycles. The van der Waals surface area contributed by atoms with Crippen LogP contribution in [-0.4, -0.2) is 21.8 Å². The maximum absolute atomic E-state index is 10.8. The fraction of sp³-hybridized carbons (Fsp3) is 0. The monoisotopic (exact) mass is 347 g/mol. The van der Waals surface area contributed by atoms with E-state index in [1.54, 1.807) is 0 Å². The molecule has 1 aliphatic rings. The molecule has 4 nitrogen and oxygen atoms in total. The van der Waals surface area contributed by atoms with E-state index in [1.165, 1.54) is 0 Å². The zero-order valence-corrected chi connectivity index (χ0v) is 11.2. The smallest absolute Gasteiger partial charge is 0.503 e. The second kappa shape index (κ2) is 4.62. The maximum atomic E-state index is 10.8. The van der Waals surface area contributed by atoms with Gasteiger partial charge in [0.15, 0.2) is 11.5 Å². The van der Waals surface area contributed by atoms with Crippen molar-refractivity contribution in [2.24, 2.45) is 0 Å². The van der Waals surface area contributed by atoms with Crippen molar-refractivity contribution in [3.63, 3.8) is 0 Å². The molecule has 1 aliphatic carbocycles. The first-order chi connectivity index (χ1) is 5.46. The van der Waals surface area contributed by atoms with Crippen LogP contribution in [-0.2, 0) is 9.59 Å². The fourth-order valence-electron chi connectivity index (χ4n) is 0.622.